The number of hydrogen-bond acceptors (Lipinski definition) is 8. The van der Waals surface area contributed by atoms with Crippen molar-refractivity contribution in [1.82, 2.24) is 5.58 Å². The van der Waals surface area contributed by atoms with Crippen LogP contribution in [0.25, 0.3) is 21.5 Å². The van der Waals surface area contributed by atoms with Gasteiger partial charge in [0.05, 0.1) is 0 Å². The SMILES string of the molecule is CC[Si](CC)(CC)[O][Sn]1([O][Si](CC)(CC)CC)[n]2c3c4ccccc4c2N=C2N=C(N=c4c5ccccc5c([n]41)=NC1=NC(=N3)c3ccccc31)c1ccccc12. The Labute approximate surface area is 340 Å². The van der Waals surface area contributed by atoms with E-state index in [1.807, 2.05) is 0 Å². The first-order valence-corrected chi connectivity index (χ1v) is 30.5. The van der Waals surface area contributed by atoms with Crippen LogP contribution in [0.5, 0.6) is 0 Å². The van der Waals surface area contributed by atoms with Crippen molar-refractivity contribution in [2.45, 2.75) is 77.8 Å². The van der Waals surface area contributed by atoms with Crippen LogP contribution in [-0.2, 0) is 5.53 Å². The van der Waals surface area contributed by atoms with E-state index in [1.165, 1.54) is 0 Å². The van der Waals surface area contributed by atoms with Gasteiger partial charge in [0.2, 0.25) is 0 Å². The second-order valence-corrected chi connectivity index (χ2v) is 33.9. The Kier molecular flexibility index (Phi) is 8.86. The first kappa shape index (κ1) is 36.7. The maximum atomic E-state index is 8.46. The van der Waals surface area contributed by atoms with Crippen LogP contribution in [0.1, 0.15) is 63.8 Å². The zero-order chi connectivity index (χ0) is 39.1. The summed E-state index contributed by atoms with van der Waals surface area (Å²) in [5, 5.41) is 3.88. The molecule has 6 bridgehead atoms. The Morgan fingerprint density at radius 3 is 1.07 bits per heavy atom. The van der Waals surface area contributed by atoms with E-state index < -0.39 is 36.4 Å². The molecule has 0 aliphatic carbocycles. The molecule has 0 radical (unpaired) electrons. The van der Waals surface area contributed by atoms with Crippen molar-refractivity contribution in [3.05, 3.63) is 130 Å². The summed E-state index contributed by atoms with van der Waals surface area (Å²) < 4.78 is 21.7. The van der Waals surface area contributed by atoms with E-state index in [0.717, 1.165) is 103 Å². The molecule has 0 saturated heterocycles. The Morgan fingerprint density at radius 2 is 0.719 bits per heavy atom. The number of benzene rings is 4. The van der Waals surface area contributed by atoms with Crippen LogP contribution in [0.15, 0.2) is 127 Å². The van der Waals surface area contributed by atoms with Crippen LogP contribution in [0.3, 0.4) is 0 Å². The van der Waals surface area contributed by atoms with E-state index >= 15 is 0 Å². The topological polar surface area (TPSA) is 102 Å². The van der Waals surface area contributed by atoms with Crippen molar-refractivity contribution >= 4 is 92.9 Å². The fraction of sp³-hybridized carbons (Fsp3) is 0.273. The second-order valence-electron chi connectivity index (χ2n) is 15.4. The van der Waals surface area contributed by atoms with E-state index in [-0.39, 0.29) is 0 Å². The van der Waals surface area contributed by atoms with Gasteiger partial charge in [-0.1, -0.05) is 0 Å². The van der Waals surface area contributed by atoms with Crippen LogP contribution in [-0.4, -0.2) is 65.3 Å². The van der Waals surface area contributed by atoms with E-state index in [2.05, 4.69) is 144 Å². The molecule has 6 aromatic rings. The molecule has 0 unspecified atom stereocenters. The van der Waals surface area contributed by atoms with E-state index in [9.17, 15) is 0 Å². The predicted molar refractivity (Wildman–Crippen MR) is 238 cm³/mol. The Balaban J connectivity index is 1.55. The van der Waals surface area contributed by atoms with E-state index in [1.54, 1.807) is 0 Å². The van der Waals surface area contributed by atoms with Crippen LogP contribution in [0.2, 0.25) is 36.3 Å². The summed E-state index contributed by atoms with van der Waals surface area (Å²) in [5.74, 6) is 3.99. The molecule has 0 fully saturated rings. The summed E-state index contributed by atoms with van der Waals surface area (Å²) in [5.41, 5.74) is 5.28. The number of fused-ring (bicyclic) bond motifs is 14. The van der Waals surface area contributed by atoms with E-state index in [0.29, 0.717) is 23.3 Å². The molecule has 2 aromatic heterocycles. The van der Waals surface area contributed by atoms with Crippen molar-refractivity contribution in [2.75, 3.05) is 0 Å². The van der Waals surface area contributed by atoms with Gasteiger partial charge in [0.15, 0.2) is 0 Å². The van der Waals surface area contributed by atoms with Gasteiger partial charge in [0.25, 0.3) is 0 Å². The first-order chi connectivity index (χ1) is 27.9. The Hall–Kier alpha value is -4.61. The number of amidine groups is 4. The molecule has 0 amide bonds. The van der Waals surface area contributed by atoms with Gasteiger partial charge >= 0.3 is 342 Å². The van der Waals surface area contributed by atoms with Gasteiger partial charge in [0.1, 0.15) is 0 Å². The quantitative estimate of drug-likeness (QED) is 0.128. The van der Waals surface area contributed by atoms with E-state index in [4.69, 9.17) is 35.5 Å². The molecular weight excluding hydrogens is 847 g/mol. The molecule has 0 atom stereocenters. The van der Waals surface area contributed by atoms with Gasteiger partial charge in [-0.05, 0) is 0 Å². The molecule has 4 aliphatic heterocycles. The number of hydrogen-bond donors (Lipinski definition) is 0. The summed E-state index contributed by atoms with van der Waals surface area (Å²) in [6, 6.07) is 39.2. The van der Waals surface area contributed by atoms with Crippen molar-refractivity contribution in [3.8, 4) is 0 Å². The molecule has 13 heteroatoms. The fourth-order valence-electron chi connectivity index (χ4n) is 9.14. The van der Waals surface area contributed by atoms with Crippen molar-refractivity contribution in [2.24, 2.45) is 30.0 Å². The van der Waals surface area contributed by atoms with Crippen LogP contribution < -0.4 is 11.0 Å². The molecule has 4 aromatic carbocycles. The molecule has 0 spiro atoms. The number of rotatable bonds is 10. The number of aromatic nitrogens is 2. The summed E-state index contributed by atoms with van der Waals surface area (Å²) in [7, 11) is -5.07. The third-order valence-corrected chi connectivity index (χ3v) is 39.6. The van der Waals surface area contributed by atoms with Gasteiger partial charge in [-0.2, -0.15) is 0 Å². The van der Waals surface area contributed by atoms with Crippen LogP contribution in [0, 0.1) is 0 Å². The van der Waals surface area contributed by atoms with Crippen LogP contribution >= 0.6 is 0 Å². The van der Waals surface area contributed by atoms with Gasteiger partial charge in [-0.15, -0.1) is 0 Å². The molecule has 0 saturated carbocycles. The maximum absolute atomic E-state index is 8.46. The average molecular weight is 894 g/mol. The fourth-order valence-corrected chi connectivity index (χ4v) is 41.5. The van der Waals surface area contributed by atoms with Crippen molar-refractivity contribution in [1.29, 1.82) is 0 Å². The Morgan fingerprint density at radius 1 is 0.404 bits per heavy atom. The van der Waals surface area contributed by atoms with Crippen LogP contribution in [0.4, 0.5) is 11.6 Å². The van der Waals surface area contributed by atoms with Crippen molar-refractivity contribution < 1.29 is 5.53 Å². The summed E-state index contributed by atoms with van der Waals surface area (Å²) >= 11 is -5.45. The molecule has 0 N–H and O–H groups in total. The first-order valence-electron chi connectivity index (χ1n) is 20.5. The molecule has 57 heavy (non-hydrogen) atoms. The van der Waals surface area contributed by atoms with Gasteiger partial charge in [-0.3, -0.25) is 0 Å². The second kappa shape index (κ2) is 13.8. The average Bonchev–Trinajstić information content (AvgIpc) is 3.98. The molecule has 4 aliphatic rings. The minimum atomic E-state index is -5.45. The normalized spacial score (nSPS) is 16.2. The molecule has 10 rings (SSSR count). The summed E-state index contributed by atoms with van der Waals surface area (Å²) in [6.07, 6.45) is 0. The minimum absolute atomic E-state index is 0.621. The number of aliphatic imine (C=N–C) groups is 4. The molecular formula is C44H46N8O2Si2Sn. The summed E-state index contributed by atoms with van der Waals surface area (Å²) in [6.45, 7) is 13.8. The Bertz CT molecular complexity index is 2710. The molecule has 6 heterocycles. The molecule has 286 valence electrons. The zero-order valence-electron chi connectivity index (χ0n) is 33.4. The van der Waals surface area contributed by atoms with Gasteiger partial charge in [-0.25, -0.2) is 0 Å². The zero-order valence-corrected chi connectivity index (χ0v) is 38.2. The van der Waals surface area contributed by atoms with Crippen molar-refractivity contribution in [3.63, 3.8) is 0 Å². The monoisotopic (exact) mass is 894 g/mol. The van der Waals surface area contributed by atoms with Gasteiger partial charge < -0.3 is 0 Å². The predicted octanol–water partition coefficient (Wildman–Crippen LogP) is 9.42. The number of nitrogens with zero attached hydrogens (tertiary/aromatic N) is 8. The third kappa shape index (κ3) is 5.33. The third-order valence-electron chi connectivity index (χ3n) is 12.9. The molecule has 10 nitrogen and oxygen atoms in total. The standard InChI is InChI=1S/C32H16N8.2C6H15OSi.Sn/c1-2-10-18-17(9-1)25-33-26(18)38-28-21-13-5-6-14-22(21)30(35-28)40-32-24-16-8-7-15-23(24)31(36-32)39-29-20-12-4-3-11-19(20)27(34-29)37-25;2*1-4-8(7,5-2)6-3;/h1-16H;2*4-6H2,1-3H3;/q-2;2*-1;+4. The summed E-state index contributed by atoms with van der Waals surface area (Å²) in [4.78, 5) is 33.1. The van der Waals surface area contributed by atoms with Gasteiger partial charge in [0, 0.05) is 0 Å².